The molecule has 1 heterocycles. The van der Waals surface area contributed by atoms with Gasteiger partial charge in [0.25, 0.3) is 5.91 Å². The molecule has 146 valence electrons. The average molecular weight is 402 g/mol. The minimum Gasteiger partial charge on any atom is -0.495 e. The molecule has 1 aliphatic heterocycles. The molecule has 1 aliphatic rings. The highest BCUT2D eigenvalue weighted by Gasteiger charge is 2.49. The number of carbonyl (C=O) groups excluding carboxylic acids is 3. The van der Waals surface area contributed by atoms with E-state index in [0.717, 1.165) is 10.5 Å². The van der Waals surface area contributed by atoms with Crippen molar-refractivity contribution in [3.63, 3.8) is 0 Å². The fraction of sp³-hybridized carbons (Fsp3) is 0.250. The zero-order chi connectivity index (χ0) is 20.5. The van der Waals surface area contributed by atoms with Crippen LogP contribution in [0.2, 0.25) is 5.02 Å². The molecule has 4 amide bonds. The number of anilines is 1. The fourth-order valence-electron chi connectivity index (χ4n) is 3.03. The van der Waals surface area contributed by atoms with Crippen LogP contribution < -0.4 is 15.4 Å². The van der Waals surface area contributed by atoms with E-state index in [2.05, 4.69) is 10.6 Å². The largest absolute Gasteiger partial charge is 0.495 e. The van der Waals surface area contributed by atoms with Gasteiger partial charge in [-0.25, -0.2) is 4.79 Å². The SMILES string of the molecule is COc1ccc(Cl)cc1NC(=O)CN1C(=O)N[C@@](C)(c2ccc(C)cc2)C1=O. The Hall–Kier alpha value is -3.06. The Balaban J connectivity index is 1.77. The van der Waals surface area contributed by atoms with Crippen LogP contribution in [-0.4, -0.2) is 36.4 Å². The van der Waals surface area contributed by atoms with Crippen molar-refractivity contribution < 1.29 is 19.1 Å². The van der Waals surface area contributed by atoms with Crippen molar-refractivity contribution in [2.45, 2.75) is 19.4 Å². The molecular weight excluding hydrogens is 382 g/mol. The maximum Gasteiger partial charge on any atom is 0.325 e. The van der Waals surface area contributed by atoms with Crippen LogP contribution >= 0.6 is 11.6 Å². The molecule has 0 unspecified atom stereocenters. The number of rotatable bonds is 5. The van der Waals surface area contributed by atoms with Gasteiger partial charge < -0.3 is 15.4 Å². The summed E-state index contributed by atoms with van der Waals surface area (Å²) >= 11 is 5.95. The van der Waals surface area contributed by atoms with Gasteiger partial charge in [-0.2, -0.15) is 0 Å². The quantitative estimate of drug-likeness (QED) is 0.754. The fourth-order valence-corrected chi connectivity index (χ4v) is 3.21. The predicted octanol–water partition coefficient (Wildman–Crippen LogP) is 3.06. The third-order valence-corrected chi connectivity index (χ3v) is 4.88. The Morgan fingerprint density at radius 2 is 1.89 bits per heavy atom. The molecule has 0 spiro atoms. The van der Waals surface area contributed by atoms with E-state index in [1.807, 2.05) is 19.1 Å². The maximum atomic E-state index is 12.9. The lowest BCUT2D eigenvalue weighted by Gasteiger charge is -2.22. The van der Waals surface area contributed by atoms with Gasteiger partial charge >= 0.3 is 6.03 Å². The highest BCUT2D eigenvalue weighted by Crippen LogP contribution is 2.30. The van der Waals surface area contributed by atoms with Crippen molar-refractivity contribution in [2.24, 2.45) is 0 Å². The first kappa shape index (κ1) is 19.7. The summed E-state index contributed by atoms with van der Waals surface area (Å²) in [4.78, 5) is 38.6. The van der Waals surface area contributed by atoms with Crippen molar-refractivity contribution in [3.05, 3.63) is 58.6 Å². The number of benzene rings is 2. The number of urea groups is 1. The molecule has 8 heteroatoms. The van der Waals surface area contributed by atoms with Crippen molar-refractivity contribution in [3.8, 4) is 5.75 Å². The monoisotopic (exact) mass is 401 g/mol. The maximum absolute atomic E-state index is 12.9. The van der Waals surface area contributed by atoms with E-state index in [-0.39, 0.29) is 0 Å². The first-order chi connectivity index (χ1) is 13.2. The van der Waals surface area contributed by atoms with Gasteiger partial charge in [-0.1, -0.05) is 41.4 Å². The summed E-state index contributed by atoms with van der Waals surface area (Å²) in [5, 5.41) is 5.72. The minimum atomic E-state index is -1.22. The predicted molar refractivity (Wildman–Crippen MR) is 105 cm³/mol. The molecule has 1 saturated heterocycles. The topological polar surface area (TPSA) is 87.7 Å². The van der Waals surface area contributed by atoms with Crippen LogP contribution in [0.3, 0.4) is 0 Å². The Morgan fingerprint density at radius 1 is 1.21 bits per heavy atom. The molecule has 2 aromatic carbocycles. The van der Waals surface area contributed by atoms with Crippen LogP contribution in [0.4, 0.5) is 10.5 Å². The summed E-state index contributed by atoms with van der Waals surface area (Å²) < 4.78 is 5.18. The highest BCUT2D eigenvalue weighted by molar-refractivity contribution is 6.31. The summed E-state index contributed by atoms with van der Waals surface area (Å²) in [6, 6.07) is 11.4. The number of ether oxygens (including phenoxy) is 1. The van der Waals surface area contributed by atoms with Crippen LogP contribution in [0.25, 0.3) is 0 Å². The van der Waals surface area contributed by atoms with Crippen molar-refractivity contribution in [2.75, 3.05) is 19.0 Å². The third-order valence-electron chi connectivity index (χ3n) is 4.64. The molecule has 0 saturated carbocycles. The molecule has 28 heavy (non-hydrogen) atoms. The number of halogens is 1. The van der Waals surface area contributed by atoms with Crippen LogP contribution in [0.15, 0.2) is 42.5 Å². The summed E-state index contributed by atoms with van der Waals surface area (Å²) in [5.41, 5.74) is 0.818. The zero-order valence-electron chi connectivity index (χ0n) is 15.7. The standard InChI is InChI=1S/C20H20ClN3O4/c1-12-4-6-13(7-5-12)20(2)18(26)24(19(27)23-20)11-17(25)22-15-10-14(21)8-9-16(15)28-3/h4-10H,11H2,1-3H3,(H,22,25)(H,23,27)/t20-/m0/s1. The number of methoxy groups -OCH3 is 1. The number of hydrogen-bond acceptors (Lipinski definition) is 4. The second-order valence-electron chi connectivity index (χ2n) is 6.71. The van der Waals surface area contributed by atoms with E-state index in [1.165, 1.54) is 13.2 Å². The minimum absolute atomic E-state index is 0.355. The third kappa shape index (κ3) is 3.66. The second-order valence-corrected chi connectivity index (χ2v) is 7.14. The molecule has 0 aromatic heterocycles. The van der Waals surface area contributed by atoms with Gasteiger partial charge in [0.05, 0.1) is 12.8 Å². The van der Waals surface area contributed by atoms with Gasteiger partial charge in [0.1, 0.15) is 17.8 Å². The first-order valence-electron chi connectivity index (χ1n) is 8.59. The molecule has 1 atom stereocenters. The van der Waals surface area contributed by atoms with E-state index >= 15 is 0 Å². The normalized spacial score (nSPS) is 18.8. The first-order valence-corrected chi connectivity index (χ1v) is 8.97. The molecule has 0 aliphatic carbocycles. The number of hydrogen-bond donors (Lipinski definition) is 2. The summed E-state index contributed by atoms with van der Waals surface area (Å²) in [7, 11) is 1.46. The molecule has 1 fully saturated rings. The number of amides is 4. The van der Waals surface area contributed by atoms with Gasteiger partial charge in [0, 0.05) is 5.02 Å². The van der Waals surface area contributed by atoms with E-state index in [1.54, 1.807) is 31.2 Å². The van der Waals surface area contributed by atoms with Crippen molar-refractivity contribution in [1.82, 2.24) is 10.2 Å². The average Bonchev–Trinajstić information content (AvgIpc) is 2.86. The number of nitrogens with zero attached hydrogens (tertiary/aromatic N) is 1. The Kier molecular flexibility index (Phi) is 5.29. The number of nitrogens with one attached hydrogen (secondary N) is 2. The van der Waals surface area contributed by atoms with Gasteiger partial charge in [0.15, 0.2) is 0 Å². The lowest BCUT2D eigenvalue weighted by Crippen LogP contribution is -2.42. The molecular formula is C20H20ClN3O4. The van der Waals surface area contributed by atoms with E-state index in [4.69, 9.17) is 16.3 Å². The lowest BCUT2D eigenvalue weighted by molar-refractivity contribution is -0.133. The molecule has 7 nitrogen and oxygen atoms in total. The van der Waals surface area contributed by atoms with Gasteiger partial charge in [-0.15, -0.1) is 0 Å². The molecule has 2 N–H and O–H groups in total. The number of carbonyl (C=O) groups is 3. The molecule has 2 aromatic rings. The lowest BCUT2D eigenvalue weighted by atomic mass is 9.91. The zero-order valence-corrected chi connectivity index (χ0v) is 16.5. The second kappa shape index (κ2) is 7.52. The van der Waals surface area contributed by atoms with Gasteiger partial charge in [-0.3, -0.25) is 14.5 Å². The van der Waals surface area contributed by atoms with Crippen LogP contribution in [0.1, 0.15) is 18.1 Å². The summed E-state index contributed by atoms with van der Waals surface area (Å²) in [6.07, 6.45) is 0. The van der Waals surface area contributed by atoms with E-state index in [0.29, 0.717) is 22.0 Å². The summed E-state index contributed by atoms with van der Waals surface area (Å²) in [5.74, 6) is -0.619. The molecule has 3 rings (SSSR count). The Bertz CT molecular complexity index is 945. The number of imide groups is 1. The van der Waals surface area contributed by atoms with Crippen molar-refractivity contribution in [1.29, 1.82) is 0 Å². The summed E-state index contributed by atoms with van der Waals surface area (Å²) in [6.45, 7) is 3.12. The highest BCUT2D eigenvalue weighted by atomic mass is 35.5. The molecule has 0 bridgehead atoms. The van der Waals surface area contributed by atoms with Crippen LogP contribution in [0.5, 0.6) is 5.75 Å². The van der Waals surface area contributed by atoms with Gasteiger partial charge in [-0.05, 0) is 37.6 Å². The Labute approximate surface area is 167 Å². The Morgan fingerprint density at radius 3 is 2.54 bits per heavy atom. The number of aryl methyl sites for hydroxylation is 1. The van der Waals surface area contributed by atoms with Crippen LogP contribution in [0, 0.1) is 6.92 Å². The van der Waals surface area contributed by atoms with E-state index in [9.17, 15) is 14.4 Å². The van der Waals surface area contributed by atoms with E-state index < -0.39 is 29.9 Å². The van der Waals surface area contributed by atoms with Crippen LogP contribution in [-0.2, 0) is 15.1 Å². The molecule has 0 radical (unpaired) electrons. The van der Waals surface area contributed by atoms with Crippen molar-refractivity contribution >= 4 is 35.1 Å². The van der Waals surface area contributed by atoms with Gasteiger partial charge in [0.2, 0.25) is 5.91 Å². The smallest absolute Gasteiger partial charge is 0.325 e.